The first kappa shape index (κ1) is 25.3. The monoisotopic (exact) mass is 549 g/mol. The van der Waals surface area contributed by atoms with Crippen LogP contribution in [0.15, 0.2) is 35.7 Å². The number of aromatic nitrogens is 3. The normalized spacial score (nSPS) is 25.5. The molecule has 3 aliphatic rings. The first-order valence-electron chi connectivity index (χ1n) is 12.5. The van der Waals surface area contributed by atoms with Gasteiger partial charge in [-0.25, -0.2) is 23.7 Å². The molecule has 200 valence electrons. The van der Waals surface area contributed by atoms with Crippen LogP contribution in [0.5, 0.6) is 5.75 Å². The molecule has 0 spiro atoms. The van der Waals surface area contributed by atoms with Crippen LogP contribution in [-0.2, 0) is 10.3 Å². The average molecular weight is 550 g/mol. The number of aliphatic imine (C=N–C) groups is 1. The van der Waals surface area contributed by atoms with Gasteiger partial charge in [-0.05, 0) is 32.3 Å². The molecule has 3 atom stereocenters. The Morgan fingerprint density at radius 3 is 2.85 bits per heavy atom. The molecule has 3 aromatic rings. The number of benzene rings is 1. The van der Waals surface area contributed by atoms with Crippen molar-refractivity contribution in [2.45, 2.75) is 36.5 Å². The highest BCUT2D eigenvalue weighted by Crippen LogP contribution is 2.66. The van der Waals surface area contributed by atoms with E-state index in [0.29, 0.717) is 36.3 Å². The van der Waals surface area contributed by atoms with Gasteiger partial charge in [-0.15, -0.1) is 6.42 Å². The number of halogens is 2. The summed E-state index contributed by atoms with van der Waals surface area (Å²) in [6, 6.07) is 4.19. The molecule has 0 unspecified atom stereocenters. The highest BCUT2D eigenvalue weighted by atomic mass is 32.2. The van der Waals surface area contributed by atoms with Gasteiger partial charge in [-0.2, -0.15) is 0 Å². The van der Waals surface area contributed by atoms with Gasteiger partial charge in [-0.3, -0.25) is 9.79 Å². The minimum atomic E-state index is -1.23. The molecule has 2 fully saturated rings. The van der Waals surface area contributed by atoms with E-state index in [4.69, 9.17) is 16.9 Å². The van der Waals surface area contributed by atoms with Gasteiger partial charge in [0.15, 0.2) is 22.6 Å². The molecule has 12 heteroatoms. The van der Waals surface area contributed by atoms with Gasteiger partial charge in [0.25, 0.3) is 0 Å². The molecule has 0 bridgehead atoms. The number of terminal acetylenes is 1. The lowest BCUT2D eigenvalue weighted by Gasteiger charge is -2.35. The Bertz CT molecular complexity index is 1570. The summed E-state index contributed by atoms with van der Waals surface area (Å²) >= 11 is 1.24. The Labute approximate surface area is 227 Å². The predicted molar refractivity (Wildman–Crippen MR) is 145 cm³/mol. The van der Waals surface area contributed by atoms with E-state index in [1.807, 2.05) is 4.90 Å². The van der Waals surface area contributed by atoms with Gasteiger partial charge in [-0.1, -0.05) is 17.7 Å². The van der Waals surface area contributed by atoms with Crippen LogP contribution in [0.4, 0.5) is 20.3 Å². The number of hydrogen-bond acceptors (Lipinski definition) is 9. The lowest BCUT2D eigenvalue weighted by molar-refractivity contribution is -0.130. The number of ether oxygens (including phenoxy) is 1. The number of fused-ring (bicyclic) bond motifs is 2. The third-order valence-corrected chi connectivity index (χ3v) is 8.87. The van der Waals surface area contributed by atoms with Crippen molar-refractivity contribution in [2.75, 3.05) is 25.0 Å². The van der Waals surface area contributed by atoms with Crippen LogP contribution in [0.3, 0.4) is 0 Å². The van der Waals surface area contributed by atoms with Crippen molar-refractivity contribution in [1.82, 2.24) is 19.9 Å². The summed E-state index contributed by atoms with van der Waals surface area (Å²) in [6.45, 7) is 3.19. The largest absolute Gasteiger partial charge is 0.479 e. The highest BCUT2D eigenvalue weighted by molar-refractivity contribution is 8.15. The molecule has 1 aliphatic carbocycles. The summed E-state index contributed by atoms with van der Waals surface area (Å²) in [7, 11) is 0. The molecular formula is C27H25F2N7O2S. The quantitative estimate of drug-likeness (QED) is 0.447. The molecule has 4 heterocycles. The fourth-order valence-electron chi connectivity index (χ4n) is 5.63. The zero-order valence-corrected chi connectivity index (χ0v) is 21.9. The number of carbonyl (C=O) groups excluding carboxylic acids is 1. The number of nitrogens with zero attached hydrogens (tertiary/aromatic N) is 5. The van der Waals surface area contributed by atoms with Crippen molar-refractivity contribution in [3.8, 4) is 18.1 Å². The van der Waals surface area contributed by atoms with E-state index >= 15 is 8.78 Å². The van der Waals surface area contributed by atoms with Crippen molar-refractivity contribution >= 4 is 45.4 Å². The van der Waals surface area contributed by atoms with Gasteiger partial charge in [0.2, 0.25) is 5.91 Å². The van der Waals surface area contributed by atoms with Crippen LogP contribution in [0.25, 0.3) is 11.0 Å². The number of rotatable bonds is 6. The fraction of sp³-hybridized carbons (Fsp3) is 0.370. The second kappa shape index (κ2) is 9.34. The maximum absolute atomic E-state index is 15.4. The smallest absolute Gasteiger partial charge is 0.239 e. The Balaban J connectivity index is 1.35. The summed E-state index contributed by atoms with van der Waals surface area (Å²) in [4.78, 5) is 32.7. The van der Waals surface area contributed by atoms with Gasteiger partial charge in [0.1, 0.15) is 28.9 Å². The van der Waals surface area contributed by atoms with Crippen molar-refractivity contribution in [2.24, 2.45) is 16.6 Å². The van der Waals surface area contributed by atoms with Crippen LogP contribution in [0, 0.1) is 29.9 Å². The highest BCUT2D eigenvalue weighted by Gasteiger charge is 2.71. The van der Waals surface area contributed by atoms with Gasteiger partial charge in [0, 0.05) is 42.4 Å². The zero-order chi connectivity index (χ0) is 27.4. The van der Waals surface area contributed by atoms with E-state index in [1.165, 1.54) is 30.4 Å². The van der Waals surface area contributed by atoms with Crippen LogP contribution >= 0.6 is 11.8 Å². The predicted octanol–water partition coefficient (Wildman–Crippen LogP) is 3.72. The van der Waals surface area contributed by atoms with E-state index in [0.717, 1.165) is 18.9 Å². The molecule has 1 aromatic carbocycles. The van der Waals surface area contributed by atoms with Crippen LogP contribution in [0.2, 0.25) is 0 Å². The molecule has 0 radical (unpaired) electrons. The second-order valence-electron chi connectivity index (χ2n) is 10.0. The molecule has 3 N–H and O–H groups in total. The molecule has 9 nitrogen and oxygen atoms in total. The van der Waals surface area contributed by atoms with E-state index in [9.17, 15) is 4.79 Å². The van der Waals surface area contributed by atoms with E-state index in [-0.39, 0.29) is 40.7 Å². The first-order valence-corrected chi connectivity index (χ1v) is 13.3. The number of nitrogens with two attached hydrogens (primary N) is 1. The Kier molecular flexibility index (Phi) is 6.06. The molecule has 1 saturated carbocycles. The van der Waals surface area contributed by atoms with Crippen LogP contribution in [0.1, 0.15) is 31.7 Å². The van der Waals surface area contributed by atoms with Gasteiger partial charge >= 0.3 is 0 Å². The van der Waals surface area contributed by atoms with E-state index < -0.39 is 21.9 Å². The van der Waals surface area contributed by atoms with Crippen molar-refractivity contribution < 1.29 is 18.3 Å². The van der Waals surface area contributed by atoms with E-state index in [1.54, 1.807) is 13.0 Å². The summed E-state index contributed by atoms with van der Waals surface area (Å²) in [5.41, 5.74) is 6.10. The topological polar surface area (TPSA) is 119 Å². The van der Waals surface area contributed by atoms with E-state index in [2.05, 4.69) is 31.2 Å². The summed E-state index contributed by atoms with van der Waals surface area (Å²) in [5.74, 6) is 0.696. The molecule has 2 aromatic heterocycles. The summed E-state index contributed by atoms with van der Waals surface area (Å²) < 4.78 is 35.0. The fourth-order valence-corrected chi connectivity index (χ4v) is 7.08. The second-order valence-corrected chi connectivity index (χ2v) is 11.4. The third kappa shape index (κ3) is 4.21. The SMILES string of the molecule is C#CCOc1cnc2c(Nc3cc(F)c(F)c([C@]4(C)N=C(N)S[C@@]5(C(=O)N6CCCC6)C[C@@H]45)c3)ncnc2c1. The molecular weight excluding hydrogens is 524 g/mol. The maximum atomic E-state index is 15.4. The number of anilines is 2. The maximum Gasteiger partial charge on any atom is 0.239 e. The zero-order valence-electron chi connectivity index (χ0n) is 21.1. The van der Waals surface area contributed by atoms with Crippen molar-refractivity contribution in [3.63, 3.8) is 0 Å². The van der Waals surface area contributed by atoms with Crippen LogP contribution < -0.4 is 15.8 Å². The minimum absolute atomic E-state index is 0.00152. The average Bonchev–Trinajstić information content (AvgIpc) is 3.42. The third-order valence-electron chi connectivity index (χ3n) is 7.58. The Hall–Kier alpha value is -3.98. The number of nitrogens with one attached hydrogen (secondary N) is 1. The van der Waals surface area contributed by atoms with Gasteiger partial charge < -0.3 is 20.7 Å². The first-order chi connectivity index (χ1) is 18.7. The van der Waals surface area contributed by atoms with Crippen LogP contribution in [-0.4, -0.2) is 55.4 Å². The molecule has 6 rings (SSSR count). The molecule has 1 amide bonds. The Morgan fingerprint density at radius 1 is 1.28 bits per heavy atom. The number of thioether (sulfide) groups is 1. The summed E-state index contributed by atoms with van der Waals surface area (Å²) in [5, 5.41) is 3.22. The lowest BCUT2D eigenvalue weighted by Crippen LogP contribution is -2.45. The molecule has 39 heavy (non-hydrogen) atoms. The number of amidine groups is 1. The number of amides is 1. The molecule has 2 aliphatic heterocycles. The minimum Gasteiger partial charge on any atom is -0.479 e. The summed E-state index contributed by atoms with van der Waals surface area (Å²) in [6.07, 6.45) is 10.4. The number of hydrogen-bond donors (Lipinski definition) is 2. The number of likely N-dealkylation sites (tertiary alicyclic amines) is 1. The van der Waals surface area contributed by atoms with Gasteiger partial charge in [0.05, 0.1) is 17.3 Å². The molecule has 1 saturated heterocycles. The van der Waals surface area contributed by atoms with Crippen molar-refractivity contribution in [3.05, 3.63) is 47.9 Å². The lowest BCUT2D eigenvalue weighted by atomic mass is 9.85. The standard InChI is InChI=1S/C27H25F2N7O2S/c1-3-8-38-16-11-19-22(31-13-16)23(33-14-32-19)34-15-9-17(21(29)18(28)10-15)26(2)20-12-27(20,39-25(30)35-26)24(37)36-6-4-5-7-36/h1,9-11,13-14,20H,4-8,12H2,2H3,(H2,30,35)(H,32,33,34)/t20-,26-,27-/m0/s1. The number of pyridine rings is 1. The Morgan fingerprint density at radius 2 is 2.08 bits per heavy atom. The number of carbonyl (C=O) groups is 1. The van der Waals surface area contributed by atoms with Crippen molar-refractivity contribution in [1.29, 1.82) is 0 Å².